The quantitative estimate of drug-likeness (QED) is 0.739. The van der Waals surface area contributed by atoms with Crippen LogP contribution in [-0.2, 0) is 6.54 Å². The van der Waals surface area contributed by atoms with Crippen molar-refractivity contribution < 1.29 is 0 Å². The number of imidazole rings is 1. The van der Waals surface area contributed by atoms with E-state index in [0.717, 1.165) is 18.3 Å². The van der Waals surface area contributed by atoms with E-state index < -0.39 is 0 Å². The Morgan fingerprint density at radius 3 is 2.81 bits per heavy atom. The molecule has 90 valence electrons. The lowest BCUT2D eigenvalue weighted by Crippen LogP contribution is -2.24. The number of halogens is 1. The van der Waals surface area contributed by atoms with Gasteiger partial charge in [0.25, 0.3) is 0 Å². The summed E-state index contributed by atoms with van der Waals surface area (Å²) in [5.41, 5.74) is 0.175. The molecule has 4 heteroatoms. The molecule has 2 rings (SSSR count). The standard InChI is InChI=1S/C12H19BrN2O/c1-10(4-6-13)5-7-14-8-9-15(12(14)16)11-2-3-11/h8-11H,2-7H2,1H3. The molecule has 1 fully saturated rings. The second-order valence-corrected chi connectivity index (χ2v) is 5.58. The molecule has 1 heterocycles. The van der Waals surface area contributed by atoms with Gasteiger partial charge in [-0.05, 0) is 31.6 Å². The van der Waals surface area contributed by atoms with Crippen molar-refractivity contribution in [3.05, 3.63) is 22.9 Å². The van der Waals surface area contributed by atoms with E-state index in [1.54, 1.807) is 0 Å². The maximum atomic E-state index is 11.9. The third kappa shape index (κ3) is 2.78. The largest absolute Gasteiger partial charge is 0.328 e. The molecular formula is C12H19BrN2O. The highest BCUT2D eigenvalue weighted by Gasteiger charge is 2.25. The van der Waals surface area contributed by atoms with Gasteiger partial charge in [0.15, 0.2) is 0 Å². The van der Waals surface area contributed by atoms with Crippen molar-refractivity contribution in [1.82, 2.24) is 9.13 Å². The van der Waals surface area contributed by atoms with Gasteiger partial charge in [-0.2, -0.15) is 0 Å². The van der Waals surface area contributed by atoms with E-state index in [0.29, 0.717) is 12.0 Å². The van der Waals surface area contributed by atoms with Crippen molar-refractivity contribution in [1.29, 1.82) is 0 Å². The molecule has 0 radical (unpaired) electrons. The Morgan fingerprint density at radius 2 is 2.19 bits per heavy atom. The summed E-state index contributed by atoms with van der Waals surface area (Å²) in [6.07, 6.45) is 8.47. The second kappa shape index (κ2) is 5.21. The lowest BCUT2D eigenvalue weighted by Gasteiger charge is -2.09. The van der Waals surface area contributed by atoms with Gasteiger partial charge >= 0.3 is 5.69 Å². The number of aryl methyl sites for hydroxylation is 1. The first-order valence-corrected chi connectivity index (χ1v) is 7.17. The minimum Gasteiger partial charge on any atom is -0.299 e. The summed E-state index contributed by atoms with van der Waals surface area (Å²) in [4.78, 5) is 11.9. The molecule has 0 amide bonds. The van der Waals surface area contributed by atoms with Gasteiger partial charge in [-0.25, -0.2) is 4.79 Å². The van der Waals surface area contributed by atoms with Crippen LogP contribution in [0.5, 0.6) is 0 Å². The predicted octanol–water partition coefficient (Wildman–Crippen LogP) is 2.80. The number of hydrogen-bond donors (Lipinski definition) is 0. The van der Waals surface area contributed by atoms with Crippen LogP contribution >= 0.6 is 15.9 Å². The van der Waals surface area contributed by atoms with Gasteiger partial charge in [0.2, 0.25) is 0 Å². The molecule has 0 spiro atoms. The van der Waals surface area contributed by atoms with E-state index in [1.807, 2.05) is 21.5 Å². The predicted molar refractivity (Wildman–Crippen MR) is 69.2 cm³/mol. The molecule has 1 aliphatic rings. The highest BCUT2D eigenvalue weighted by molar-refractivity contribution is 9.09. The number of hydrogen-bond acceptors (Lipinski definition) is 1. The summed E-state index contributed by atoms with van der Waals surface area (Å²) < 4.78 is 3.73. The van der Waals surface area contributed by atoms with E-state index in [9.17, 15) is 4.79 Å². The first-order valence-electron chi connectivity index (χ1n) is 6.05. The van der Waals surface area contributed by atoms with Gasteiger partial charge in [-0.3, -0.25) is 9.13 Å². The molecule has 0 aromatic carbocycles. The summed E-state index contributed by atoms with van der Waals surface area (Å²) in [6, 6.07) is 0.494. The third-order valence-electron chi connectivity index (χ3n) is 3.28. The first-order chi connectivity index (χ1) is 7.72. The minimum absolute atomic E-state index is 0.175. The highest BCUT2D eigenvalue weighted by atomic mass is 79.9. The number of nitrogens with zero attached hydrogens (tertiary/aromatic N) is 2. The summed E-state index contributed by atoms with van der Waals surface area (Å²) in [5, 5.41) is 1.05. The topological polar surface area (TPSA) is 26.9 Å². The molecule has 1 aliphatic carbocycles. The lowest BCUT2D eigenvalue weighted by molar-refractivity contribution is 0.462. The van der Waals surface area contributed by atoms with E-state index in [-0.39, 0.29) is 5.69 Å². The maximum Gasteiger partial charge on any atom is 0.328 e. The van der Waals surface area contributed by atoms with Gasteiger partial charge < -0.3 is 0 Å². The van der Waals surface area contributed by atoms with E-state index >= 15 is 0 Å². The van der Waals surface area contributed by atoms with E-state index in [1.165, 1.54) is 19.3 Å². The Labute approximate surface area is 105 Å². The van der Waals surface area contributed by atoms with E-state index in [4.69, 9.17) is 0 Å². The second-order valence-electron chi connectivity index (χ2n) is 4.78. The summed E-state index contributed by atoms with van der Waals surface area (Å²) in [7, 11) is 0. The van der Waals surface area contributed by atoms with Crippen molar-refractivity contribution >= 4 is 15.9 Å². The molecule has 0 aliphatic heterocycles. The highest BCUT2D eigenvalue weighted by Crippen LogP contribution is 2.33. The fraction of sp³-hybridized carbons (Fsp3) is 0.750. The van der Waals surface area contributed by atoms with Crippen LogP contribution in [0.4, 0.5) is 0 Å². The van der Waals surface area contributed by atoms with Gasteiger partial charge in [0.1, 0.15) is 0 Å². The van der Waals surface area contributed by atoms with Crippen molar-refractivity contribution in [2.75, 3.05) is 5.33 Å². The molecule has 16 heavy (non-hydrogen) atoms. The van der Waals surface area contributed by atoms with Crippen LogP contribution in [0.1, 0.15) is 38.6 Å². The Hall–Kier alpha value is -0.510. The average molecular weight is 287 g/mol. The fourth-order valence-corrected chi connectivity index (χ4v) is 2.70. The van der Waals surface area contributed by atoms with Crippen LogP contribution in [0, 0.1) is 5.92 Å². The summed E-state index contributed by atoms with van der Waals surface area (Å²) in [6.45, 7) is 3.09. The molecule has 1 saturated carbocycles. The summed E-state index contributed by atoms with van der Waals surface area (Å²) >= 11 is 3.45. The fourth-order valence-electron chi connectivity index (χ4n) is 1.92. The van der Waals surface area contributed by atoms with Crippen molar-refractivity contribution in [2.24, 2.45) is 5.92 Å². The molecule has 1 atom stereocenters. The zero-order chi connectivity index (χ0) is 11.5. The minimum atomic E-state index is 0.175. The van der Waals surface area contributed by atoms with Gasteiger partial charge in [0.05, 0.1) is 0 Å². The van der Waals surface area contributed by atoms with Crippen LogP contribution in [0.15, 0.2) is 17.2 Å². The van der Waals surface area contributed by atoms with Crippen molar-refractivity contribution in [2.45, 2.75) is 45.2 Å². The Bertz CT molecular complexity index is 392. The smallest absolute Gasteiger partial charge is 0.299 e. The Balaban J connectivity index is 1.92. The SMILES string of the molecule is CC(CCBr)CCn1ccn(C2CC2)c1=O. The van der Waals surface area contributed by atoms with Crippen LogP contribution in [0.25, 0.3) is 0 Å². The molecule has 3 nitrogen and oxygen atoms in total. The first kappa shape index (κ1) is 12.0. The van der Waals surface area contributed by atoms with Crippen LogP contribution in [0.2, 0.25) is 0 Å². The third-order valence-corrected chi connectivity index (χ3v) is 3.74. The molecule has 0 bridgehead atoms. The monoisotopic (exact) mass is 286 g/mol. The molecule has 1 aromatic rings. The Kier molecular flexibility index (Phi) is 3.90. The molecule has 0 N–H and O–H groups in total. The number of alkyl halides is 1. The van der Waals surface area contributed by atoms with Crippen molar-refractivity contribution in [3.8, 4) is 0 Å². The normalized spacial score (nSPS) is 17.6. The zero-order valence-corrected chi connectivity index (χ0v) is 11.3. The van der Waals surface area contributed by atoms with Crippen LogP contribution < -0.4 is 5.69 Å². The number of aromatic nitrogens is 2. The lowest BCUT2D eigenvalue weighted by atomic mass is 10.1. The zero-order valence-electron chi connectivity index (χ0n) is 9.73. The van der Waals surface area contributed by atoms with Gasteiger partial charge in [-0.1, -0.05) is 22.9 Å². The average Bonchev–Trinajstić information content (AvgIpc) is 3.02. The van der Waals surface area contributed by atoms with Gasteiger partial charge in [0, 0.05) is 30.3 Å². The van der Waals surface area contributed by atoms with Crippen molar-refractivity contribution in [3.63, 3.8) is 0 Å². The van der Waals surface area contributed by atoms with Crippen LogP contribution in [0.3, 0.4) is 0 Å². The molecule has 1 aromatic heterocycles. The summed E-state index contributed by atoms with van der Waals surface area (Å²) in [5.74, 6) is 0.676. The molecule has 1 unspecified atom stereocenters. The van der Waals surface area contributed by atoms with E-state index in [2.05, 4.69) is 22.9 Å². The van der Waals surface area contributed by atoms with Gasteiger partial charge in [-0.15, -0.1) is 0 Å². The molecule has 0 saturated heterocycles. The Morgan fingerprint density at radius 1 is 1.44 bits per heavy atom. The maximum absolute atomic E-state index is 11.9. The van der Waals surface area contributed by atoms with Crippen LogP contribution in [-0.4, -0.2) is 14.5 Å². The molecular weight excluding hydrogens is 268 g/mol. The number of rotatable bonds is 6.